The van der Waals surface area contributed by atoms with Gasteiger partial charge in [0, 0.05) is 18.2 Å². The summed E-state index contributed by atoms with van der Waals surface area (Å²) in [5.74, 6) is 0.463. The second-order valence-electron chi connectivity index (χ2n) is 7.54. The Balaban J connectivity index is 1.50. The van der Waals surface area contributed by atoms with Gasteiger partial charge in [-0.3, -0.25) is 4.79 Å². The van der Waals surface area contributed by atoms with Gasteiger partial charge in [-0.1, -0.05) is 35.3 Å². The number of nitrogens with one attached hydrogen (secondary N) is 1. The lowest BCUT2D eigenvalue weighted by Crippen LogP contribution is -2.07. The molecule has 0 atom stereocenters. The fourth-order valence-corrected chi connectivity index (χ4v) is 3.59. The second kappa shape index (κ2) is 10.6. The lowest BCUT2D eigenvalue weighted by molar-refractivity contribution is -0.129. The topological polar surface area (TPSA) is 86.2 Å². The van der Waals surface area contributed by atoms with Crippen LogP contribution in [0.15, 0.2) is 71.4 Å². The minimum Gasteiger partial charge on any atom is -0.493 e. The van der Waals surface area contributed by atoms with Crippen LogP contribution in [0.2, 0.25) is 10.0 Å². The maximum Gasteiger partial charge on any atom is 0.363 e. The van der Waals surface area contributed by atoms with Gasteiger partial charge in [0.15, 0.2) is 17.2 Å². The number of carbonyl (C=O) groups excluding carboxylic acids is 2. The molecule has 7 nitrogen and oxygen atoms in total. The van der Waals surface area contributed by atoms with Crippen LogP contribution < -0.4 is 14.8 Å². The van der Waals surface area contributed by atoms with Gasteiger partial charge in [-0.25, -0.2) is 9.79 Å². The molecule has 3 aromatic rings. The maximum atomic E-state index is 12.4. The van der Waals surface area contributed by atoms with Crippen molar-refractivity contribution in [3.05, 3.63) is 93.1 Å². The number of cyclic esters (lactones) is 1. The first kappa shape index (κ1) is 24.3. The summed E-state index contributed by atoms with van der Waals surface area (Å²) in [6.07, 6.45) is 1.60. The molecule has 0 unspecified atom stereocenters. The van der Waals surface area contributed by atoms with Crippen molar-refractivity contribution in [2.24, 2.45) is 4.99 Å². The van der Waals surface area contributed by atoms with Crippen LogP contribution in [0.4, 0.5) is 5.69 Å². The van der Waals surface area contributed by atoms with Crippen molar-refractivity contribution in [2.45, 2.75) is 13.5 Å². The molecule has 1 aliphatic heterocycles. The smallest absolute Gasteiger partial charge is 0.363 e. The van der Waals surface area contributed by atoms with E-state index in [2.05, 4.69) is 10.3 Å². The number of methoxy groups -OCH3 is 1. The second-order valence-corrected chi connectivity index (χ2v) is 8.36. The summed E-state index contributed by atoms with van der Waals surface area (Å²) >= 11 is 12.0. The molecule has 0 fully saturated rings. The molecule has 0 saturated carbocycles. The molecule has 1 amide bonds. The van der Waals surface area contributed by atoms with E-state index in [4.69, 9.17) is 37.4 Å². The van der Waals surface area contributed by atoms with Gasteiger partial charge < -0.3 is 19.5 Å². The van der Waals surface area contributed by atoms with E-state index >= 15 is 0 Å². The average molecular weight is 511 g/mol. The van der Waals surface area contributed by atoms with Crippen molar-refractivity contribution in [2.75, 3.05) is 12.4 Å². The third-order valence-corrected chi connectivity index (χ3v) is 5.68. The summed E-state index contributed by atoms with van der Waals surface area (Å²) in [4.78, 5) is 27.9. The van der Waals surface area contributed by atoms with Gasteiger partial charge in [0.1, 0.15) is 6.61 Å². The molecule has 0 radical (unpaired) electrons. The number of aliphatic imine (C=N–C) groups is 1. The monoisotopic (exact) mass is 510 g/mol. The molecule has 1 heterocycles. The Hall–Kier alpha value is -3.81. The highest BCUT2D eigenvalue weighted by Gasteiger charge is 2.24. The predicted octanol–water partition coefficient (Wildman–Crippen LogP) is 5.88. The Morgan fingerprint density at radius 2 is 1.80 bits per heavy atom. The average Bonchev–Trinajstić information content (AvgIpc) is 3.20. The van der Waals surface area contributed by atoms with E-state index in [1.54, 1.807) is 60.7 Å². The van der Waals surface area contributed by atoms with Crippen LogP contribution in [-0.4, -0.2) is 24.9 Å². The zero-order valence-corrected chi connectivity index (χ0v) is 20.3. The highest BCUT2D eigenvalue weighted by molar-refractivity contribution is 6.42. The molecular formula is C26H20Cl2N2O5. The van der Waals surface area contributed by atoms with Gasteiger partial charge in [0.25, 0.3) is 0 Å². The highest BCUT2D eigenvalue weighted by Crippen LogP contribution is 2.31. The van der Waals surface area contributed by atoms with Crippen LogP contribution in [-0.2, 0) is 20.9 Å². The number of amides is 1. The molecule has 178 valence electrons. The Morgan fingerprint density at radius 1 is 1.03 bits per heavy atom. The number of carbonyl (C=O) groups is 2. The van der Waals surface area contributed by atoms with Crippen LogP contribution in [0, 0.1) is 0 Å². The standard InChI is InChI=1S/C26H20Cl2N2O5/c1-15(31)29-19-7-5-18(6-8-19)25-30-22(26(32)35-25)12-16-4-10-23(24(13-16)33-2)34-14-17-3-9-20(27)21(28)11-17/h3-13H,14H2,1-2H3,(H,29,31)/b22-12-. The molecule has 35 heavy (non-hydrogen) atoms. The minimum absolute atomic E-state index is 0.150. The number of halogens is 2. The highest BCUT2D eigenvalue weighted by atomic mass is 35.5. The van der Waals surface area contributed by atoms with Gasteiger partial charge in [0.05, 0.1) is 17.2 Å². The van der Waals surface area contributed by atoms with Crippen molar-refractivity contribution in [1.29, 1.82) is 0 Å². The van der Waals surface area contributed by atoms with Crippen LogP contribution >= 0.6 is 23.2 Å². The maximum absolute atomic E-state index is 12.4. The van der Waals surface area contributed by atoms with E-state index in [0.29, 0.717) is 38.4 Å². The zero-order chi connectivity index (χ0) is 24.9. The Morgan fingerprint density at radius 3 is 2.49 bits per heavy atom. The first-order valence-electron chi connectivity index (χ1n) is 10.5. The van der Waals surface area contributed by atoms with Crippen molar-refractivity contribution < 1.29 is 23.8 Å². The first-order chi connectivity index (χ1) is 16.8. The van der Waals surface area contributed by atoms with Gasteiger partial charge in [-0.05, 0) is 65.7 Å². The van der Waals surface area contributed by atoms with Gasteiger partial charge in [-0.15, -0.1) is 0 Å². The summed E-state index contributed by atoms with van der Waals surface area (Å²) in [5.41, 5.74) is 2.93. The van der Waals surface area contributed by atoms with Crippen LogP contribution in [0.5, 0.6) is 11.5 Å². The van der Waals surface area contributed by atoms with Gasteiger partial charge in [-0.2, -0.15) is 0 Å². The van der Waals surface area contributed by atoms with Crippen LogP contribution in [0.25, 0.3) is 6.08 Å². The Kier molecular flexibility index (Phi) is 7.39. The van der Waals surface area contributed by atoms with E-state index in [1.165, 1.54) is 14.0 Å². The summed E-state index contributed by atoms with van der Waals surface area (Å²) in [6.45, 7) is 1.70. The molecule has 3 aromatic carbocycles. The Labute approximate surface area is 211 Å². The first-order valence-corrected chi connectivity index (χ1v) is 11.2. The summed E-state index contributed by atoms with van der Waals surface area (Å²) < 4.78 is 16.6. The van der Waals surface area contributed by atoms with Crippen molar-refractivity contribution in [1.82, 2.24) is 0 Å². The Bertz CT molecular complexity index is 1350. The number of ether oxygens (including phenoxy) is 3. The molecule has 9 heteroatoms. The molecule has 1 N–H and O–H groups in total. The molecule has 0 spiro atoms. The summed E-state index contributed by atoms with van der Waals surface area (Å²) in [6, 6.07) is 17.4. The number of nitrogens with zero attached hydrogens (tertiary/aromatic N) is 1. The predicted molar refractivity (Wildman–Crippen MR) is 135 cm³/mol. The van der Waals surface area contributed by atoms with Crippen molar-refractivity contribution in [3.8, 4) is 11.5 Å². The fourth-order valence-electron chi connectivity index (χ4n) is 3.27. The lowest BCUT2D eigenvalue weighted by atomic mass is 10.1. The van der Waals surface area contributed by atoms with E-state index < -0.39 is 5.97 Å². The lowest BCUT2D eigenvalue weighted by Gasteiger charge is -2.12. The molecule has 4 rings (SSSR count). The molecule has 0 aliphatic carbocycles. The van der Waals surface area contributed by atoms with E-state index in [1.807, 2.05) is 6.07 Å². The number of benzene rings is 3. The number of hydrogen-bond donors (Lipinski definition) is 1. The van der Waals surface area contributed by atoms with Crippen LogP contribution in [0.1, 0.15) is 23.6 Å². The quantitative estimate of drug-likeness (QED) is 0.316. The molecule has 0 saturated heterocycles. The normalized spacial score (nSPS) is 13.9. The largest absolute Gasteiger partial charge is 0.493 e. The number of hydrogen-bond acceptors (Lipinski definition) is 6. The molecular weight excluding hydrogens is 491 g/mol. The number of anilines is 1. The zero-order valence-electron chi connectivity index (χ0n) is 18.8. The third-order valence-electron chi connectivity index (χ3n) is 4.94. The number of rotatable bonds is 7. The minimum atomic E-state index is -0.565. The summed E-state index contributed by atoms with van der Waals surface area (Å²) in [5, 5.41) is 3.61. The van der Waals surface area contributed by atoms with Crippen LogP contribution in [0.3, 0.4) is 0 Å². The van der Waals surface area contributed by atoms with Gasteiger partial charge >= 0.3 is 5.97 Å². The molecule has 0 bridgehead atoms. The SMILES string of the molecule is COc1cc(/C=C2\N=C(c3ccc(NC(C)=O)cc3)OC2=O)ccc1OCc1ccc(Cl)c(Cl)c1. The number of esters is 1. The fraction of sp³-hybridized carbons (Fsp3) is 0.115. The third kappa shape index (κ3) is 6.01. The van der Waals surface area contributed by atoms with Crippen molar-refractivity contribution in [3.63, 3.8) is 0 Å². The van der Waals surface area contributed by atoms with E-state index in [-0.39, 0.29) is 24.1 Å². The van der Waals surface area contributed by atoms with E-state index in [9.17, 15) is 9.59 Å². The van der Waals surface area contributed by atoms with E-state index in [0.717, 1.165) is 5.56 Å². The molecule has 0 aromatic heterocycles. The van der Waals surface area contributed by atoms with Gasteiger partial charge in [0.2, 0.25) is 11.8 Å². The molecule has 1 aliphatic rings. The summed E-state index contributed by atoms with van der Waals surface area (Å²) in [7, 11) is 1.53. The van der Waals surface area contributed by atoms with Crippen molar-refractivity contribution >= 4 is 52.7 Å².